The van der Waals surface area contributed by atoms with Crippen LogP contribution in [0.5, 0.6) is 0 Å². The first-order valence-corrected chi connectivity index (χ1v) is 8.62. The monoisotopic (exact) mass is 375 g/mol. The maximum absolute atomic E-state index is 9.14. The van der Waals surface area contributed by atoms with E-state index in [2.05, 4.69) is 52.3 Å². The van der Waals surface area contributed by atoms with Crippen molar-refractivity contribution in [2.75, 3.05) is 0 Å². The second kappa shape index (κ2) is 6.14. The van der Waals surface area contributed by atoms with Crippen molar-refractivity contribution in [2.24, 2.45) is 0 Å². The van der Waals surface area contributed by atoms with Crippen LogP contribution in [0.3, 0.4) is 0 Å². The Hall–Kier alpha value is -2.57. The SMILES string of the molecule is N#C/C=C1\OC(c2ccc(Br)cc2)=CC2=C1CCc1ccccc12. The van der Waals surface area contributed by atoms with Crippen LogP contribution in [-0.2, 0) is 11.2 Å². The molecule has 2 aromatic carbocycles. The van der Waals surface area contributed by atoms with Crippen LogP contribution in [0.4, 0.5) is 0 Å². The first kappa shape index (κ1) is 15.0. The van der Waals surface area contributed by atoms with E-state index in [0.29, 0.717) is 5.76 Å². The van der Waals surface area contributed by atoms with Crippen molar-refractivity contribution in [3.8, 4) is 6.07 Å². The molecule has 2 aromatic rings. The van der Waals surface area contributed by atoms with E-state index in [1.165, 1.54) is 22.8 Å². The molecule has 3 heteroatoms. The minimum absolute atomic E-state index is 0.669. The van der Waals surface area contributed by atoms with Crippen molar-refractivity contribution in [1.82, 2.24) is 0 Å². The molecular formula is C21H14BrNO. The lowest BCUT2D eigenvalue weighted by atomic mass is 9.83. The third kappa shape index (κ3) is 2.60. The van der Waals surface area contributed by atoms with Crippen molar-refractivity contribution < 1.29 is 4.74 Å². The van der Waals surface area contributed by atoms with E-state index in [9.17, 15) is 0 Å². The fraction of sp³-hybridized carbons (Fsp3) is 0.0952. The van der Waals surface area contributed by atoms with Gasteiger partial charge in [0.05, 0.1) is 12.1 Å². The van der Waals surface area contributed by atoms with Gasteiger partial charge in [0, 0.05) is 15.6 Å². The highest BCUT2D eigenvalue weighted by atomic mass is 79.9. The Morgan fingerprint density at radius 1 is 1.04 bits per heavy atom. The van der Waals surface area contributed by atoms with Gasteiger partial charge in [-0.15, -0.1) is 0 Å². The van der Waals surface area contributed by atoms with Crippen molar-refractivity contribution in [2.45, 2.75) is 12.8 Å². The van der Waals surface area contributed by atoms with Crippen LogP contribution in [0.1, 0.15) is 23.1 Å². The molecule has 1 aliphatic carbocycles. The Morgan fingerprint density at radius 3 is 2.62 bits per heavy atom. The highest BCUT2D eigenvalue weighted by Crippen LogP contribution is 2.42. The first-order valence-electron chi connectivity index (χ1n) is 7.83. The van der Waals surface area contributed by atoms with E-state index in [4.69, 9.17) is 10.00 Å². The number of aryl methyl sites for hydroxylation is 1. The number of benzene rings is 2. The van der Waals surface area contributed by atoms with Crippen molar-refractivity contribution in [3.63, 3.8) is 0 Å². The lowest BCUT2D eigenvalue weighted by Crippen LogP contribution is -2.11. The topological polar surface area (TPSA) is 33.0 Å². The molecule has 24 heavy (non-hydrogen) atoms. The molecule has 0 radical (unpaired) electrons. The second-order valence-electron chi connectivity index (χ2n) is 5.80. The van der Waals surface area contributed by atoms with E-state index in [0.717, 1.165) is 34.2 Å². The second-order valence-corrected chi connectivity index (χ2v) is 6.72. The summed E-state index contributed by atoms with van der Waals surface area (Å²) in [5.41, 5.74) is 5.87. The molecule has 0 atom stereocenters. The van der Waals surface area contributed by atoms with Gasteiger partial charge in [-0.2, -0.15) is 5.26 Å². The molecule has 1 aliphatic heterocycles. The summed E-state index contributed by atoms with van der Waals surface area (Å²) in [5, 5.41) is 9.14. The maximum Gasteiger partial charge on any atom is 0.141 e. The third-order valence-electron chi connectivity index (χ3n) is 4.39. The fourth-order valence-electron chi connectivity index (χ4n) is 3.25. The Morgan fingerprint density at radius 2 is 1.83 bits per heavy atom. The summed E-state index contributed by atoms with van der Waals surface area (Å²) in [4.78, 5) is 0. The standard InChI is InChI=1S/C21H14BrNO/c22-16-8-5-15(6-9-16)21-13-19-17-4-2-1-3-14(17)7-10-18(19)20(24-21)11-12-23/h1-6,8-9,11,13H,7,10H2/b20-11-. The van der Waals surface area contributed by atoms with E-state index >= 15 is 0 Å². The van der Waals surface area contributed by atoms with Crippen LogP contribution in [0, 0.1) is 11.3 Å². The zero-order valence-corrected chi connectivity index (χ0v) is 14.5. The van der Waals surface area contributed by atoms with Crippen LogP contribution < -0.4 is 0 Å². The van der Waals surface area contributed by atoms with E-state index < -0.39 is 0 Å². The predicted octanol–water partition coefficient (Wildman–Crippen LogP) is 5.63. The summed E-state index contributed by atoms with van der Waals surface area (Å²) in [5.74, 6) is 1.45. The normalized spacial score (nSPS) is 17.5. The predicted molar refractivity (Wildman–Crippen MR) is 98.6 cm³/mol. The number of rotatable bonds is 1. The molecule has 2 aliphatic rings. The van der Waals surface area contributed by atoms with Crippen molar-refractivity contribution >= 4 is 27.3 Å². The van der Waals surface area contributed by atoms with Crippen LogP contribution in [0.15, 0.2) is 76.5 Å². The van der Waals surface area contributed by atoms with Gasteiger partial charge < -0.3 is 4.74 Å². The largest absolute Gasteiger partial charge is 0.456 e. The van der Waals surface area contributed by atoms with Crippen LogP contribution in [0.2, 0.25) is 0 Å². The lowest BCUT2D eigenvalue weighted by molar-refractivity contribution is 0.386. The first-order chi connectivity index (χ1) is 11.8. The Kier molecular flexibility index (Phi) is 3.84. The van der Waals surface area contributed by atoms with Gasteiger partial charge in [-0.1, -0.05) is 52.3 Å². The summed E-state index contributed by atoms with van der Waals surface area (Å²) in [6.45, 7) is 0. The molecule has 0 saturated heterocycles. The molecule has 4 rings (SSSR count). The molecule has 0 bridgehead atoms. The minimum Gasteiger partial charge on any atom is -0.456 e. The summed E-state index contributed by atoms with van der Waals surface area (Å²) in [6, 6.07) is 18.6. The number of ether oxygens (including phenoxy) is 1. The van der Waals surface area contributed by atoms with Gasteiger partial charge in [0.25, 0.3) is 0 Å². The van der Waals surface area contributed by atoms with Gasteiger partial charge in [0.1, 0.15) is 11.5 Å². The number of allylic oxidation sites excluding steroid dienone is 4. The molecule has 0 saturated carbocycles. The van der Waals surface area contributed by atoms with Gasteiger partial charge >= 0.3 is 0 Å². The van der Waals surface area contributed by atoms with Gasteiger partial charge in [-0.25, -0.2) is 0 Å². The highest BCUT2D eigenvalue weighted by molar-refractivity contribution is 9.10. The zero-order valence-electron chi connectivity index (χ0n) is 12.9. The van der Waals surface area contributed by atoms with Gasteiger partial charge in [-0.3, -0.25) is 0 Å². The molecule has 1 heterocycles. The Labute approximate surface area is 149 Å². The average molecular weight is 376 g/mol. The number of fused-ring (bicyclic) bond motifs is 2. The van der Waals surface area contributed by atoms with Gasteiger partial charge in [-0.05, 0) is 47.8 Å². The molecule has 116 valence electrons. The molecular weight excluding hydrogens is 362 g/mol. The molecule has 0 aromatic heterocycles. The van der Waals surface area contributed by atoms with Gasteiger partial charge in [0.15, 0.2) is 0 Å². The van der Waals surface area contributed by atoms with Crippen LogP contribution in [-0.4, -0.2) is 0 Å². The molecule has 0 spiro atoms. The summed E-state index contributed by atoms with van der Waals surface area (Å²) < 4.78 is 7.09. The molecule has 2 nitrogen and oxygen atoms in total. The maximum atomic E-state index is 9.14. The van der Waals surface area contributed by atoms with E-state index in [1.54, 1.807) is 0 Å². The van der Waals surface area contributed by atoms with E-state index in [-0.39, 0.29) is 0 Å². The molecule has 0 N–H and O–H groups in total. The third-order valence-corrected chi connectivity index (χ3v) is 4.92. The van der Waals surface area contributed by atoms with E-state index in [1.807, 2.05) is 24.3 Å². The number of hydrogen-bond acceptors (Lipinski definition) is 2. The molecule has 0 unspecified atom stereocenters. The number of nitrogens with zero attached hydrogens (tertiary/aromatic N) is 1. The van der Waals surface area contributed by atoms with Crippen molar-refractivity contribution in [3.05, 3.63) is 93.2 Å². The zero-order chi connectivity index (χ0) is 16.5. The van der Waals surface area contributed by atoms with Crippen LogP contribution in [0.25, 0.3) is 11.3 Å². The van der Waals surface area contributed by atoms with Gasteiger partial charge in [0.2, 0.25) is 0 Å². The molecule has 0 amide bonds. The average Bonchev–Trinajstić information content (AvgIpc) is 2.62. The number of hydrogen-bond donors (Lipinski definition) is 0. The fourth-order valence-corrected chi connectivity index (χ4v) is 3.52. The number of nitriles is 1. The van der Waals surface area contributed by atoms with Crippen molar-refractivity contribution in [1.29, 1.82) is 5.26 Å². The smallest absolute Gasteiger partial charge is 0.141 e. The minimum atomic E-state index is 0.669. The Bertz CT molecular complexity index is 943. The molecule has 0 fully saturated rings. The highest BCUT2D eigenvalue weighted by Gasteiger charge is 2.26. The summed E-state index contributed by atoms with van der Waals surface area (Å²) >= 11 is 3.46. The summed E-state index contributed by atoms with van der Waals surface area (Å²) in [7, 11) is 0. The Balaban J connectivity index is 1.89. The summed E-state index contributed by atoms with van der Waals surface area (Å²) in [6.07, 6.45) is 5.48. The van der Waals surface area contributed by atoms with Crippen LogP contribution >= 0.6 is 15.9 Å². The quantitative estimate of drug-likeness (QED) is 0.605. The lowest BCUT2D eigenvalue weighted by Gasteiger charge is -2.28. The number of halogens is 1.